The average molecular weight is 261 g/mol. The molecule has 2 unspecified atom stereocenters. The maximum atomic E-state index is 4.38. The SMILES string of the molecule is CNC1CCCC1CCN(C)CCc1ccccn1. The van der Waals surface area contributed by atoms with Gasteiger partial charge in [0.1, 0.15) is 0 Å². The van der Waals surface area contributed by atoms with Crippen molar-refractivity contribution in [2.75, 3.05) is 27.2 Å². The van der Waals surface area contributed by atoms with E-state index < -0.39 is 0 Å². The minimum Gasteiger partial charge on any atom is -0.317 e. The second kappa shape index (κ2) is 7.61. The van der Waals surface area contributed by atoms with Gasteiger partial charge in [-0.15, -0.1) is 0 Å². The highest BCUT2D eigenvalue weighted by Gasteiger charge is 2.25. The summed E-state index contributed by atoms with van der Waals surface area (Å²) >= 11 is 0. The topological polar surface area (TPSA) is 28.2 Å². The first-order valence-corrected chi connectivity index (χ1v) is 7.55. The molecule has 1 saturated carbocycles. The van der Waals surface area contributed by atoms with Gasteiger partial charge in [-0.1, -0.05) is 12.5 Å². The number of nitrogens with zero attached hydrogens (tertiary/aromatic N) is 2. The predicted molar refractivity (Wildman–Crippen MR) is 80.2 cm³/mol. The second-order valence-corrected chi connectivity index (χ2v) is 5.75. The fourth-order valence-electron chi connectivity index (χ4n) is 3.11. The first kappa shape index (κ1) is 14.5. The molecule has 0 saturated heterocycles. The van der Waals surface area contributed by atoms with Gasteiger partial charge in [-0.05, 0) is 58.0 Å². The van der Waals surface area contributed by atoms with Gasteiger partial charge >= 0.3 is 0 Å². The van der Waals surface area contributed by atoms with E-state index in [1.807, 2.05) is 12.3 Å². The lowest BCUT2D eigenvalue weighted by Gasteiger charge is -2.22. The number of nitrogens with one attached hydrogen (secondary N) is 1. The average Bonchev–Trinajstić information content (AvgIpc) is 2.91. The van der Waals surface area contributed by atoms with Gasteiger partial charge in [0.05, 0.1) is 0 Å². The number of aromatic nitrogens is 1. The monoisotopic (exact) mass is 261 g/mol. The van der Waals surface area contributed by atoms with Gasteiger partial charge in [-0.2, -0.15) is 0 Å². The maximum Gasteiger partial charge on any atom is 0.0416 e. The summed E-state index contributed by atoms with van der Waals surface area (Å²) in [6, 6.07) is 6.91. The summed E-state index contributed by atoms with van der Waals surface area (Å²) in [4.78, 5) is 6.82. The van der Waals surface area contributed by atoms with Crippen LogP contribution in [-0.2, 0) is 6.42 Å². The summed E-state index contributed by atoms with van der Waals surface area (Å²) in [6.45, 7) is 2.31. The zero-order chi connectivity index (χ0) is 13.5. The lowest BCUT2D eigenvalue weighted by Crippen LogP contribution is -2.32. The van der Waals surface area contributed by atoms with Crippen LogP contribution in [0.4, 0.5) is 0 Å². The molecular weight excluding hydrogens is 234 g/mol. The van der Waals surface area contributed by atoms with Crippen molar-refractivity contribution in [3.8, 4) is 0 Å². The van der Waals surface area contributed by atoms with Crippen LogP contribution < -0.4 is 5.32 Å². The summed E-state index contributed by atoms with van der Waals surface area (Å²) in [5.74, 6) is 0.877. The van der Waals surface area contributed by atoms with E-state index in [1.54, 1.807) is 0 Å². The van der Waals surface area contributed by atoms with Crippen molar-refractivity contribution in [3.63, 3.8) is 0 Å². The lowest BCUT2D eigenvalue weighted by molar-refractivity contribution is 0.286. The first-order chi connectivity index (χ1) is 9.29. The van der Waals surface area contributed by atoms with E-state index in [9.17, 15) is 0 Å². The van der Waals surface area contributed by atoms with Crippen LogP contribution in [0.3, 0.4) is 0 Å². The zero-order valence-electron chi connectivity index (χ0n) is 12.3. The van der Waals surface area contributed by atoms with Crippen LogP contribution in [0.15, 0.2) is 24.4 Å². The molecule has 1 fully saturated rings. The van der Waals surface area contributed by atoms with E-state index in [0.717, 1.165) is 24.9 Å². The molecular formula is C16H27N3. The summed E-state index contributed by atoms with van der Waals surface area (Å²) in [5.41, 5.74) is 1.20. The molecule has 3 nitrogen and oxygen atoms in total. The zero-order valence-corrected chi connectivity index (χ0v) is 12.3. The number of hydrogen-bond acceptors (Lipinski definition) is 3. The molecule has 19 heavy (non-hydrogen) atoms. The van der Waals surface area contributed by atoms with E-state index in [0.29, 0.717) is 0 Å². The predicted octanol–water partition coefficient (Wildman–Crippen LogP) is 2.33. The van der Waals surface area contributed by atoms with E-state index in [1.165, 1.54) is 37.9 Å². The third kappa shape index (κ3) is 4.59. The molecule has 1 heterocycles. The molecule has 2 rings (SSSR count). The van der Waals surface area contributed by atoms with Crippen molar-refractivity contribution in [1.29, 1.82) is 0 Å². The van der Waals surface area contributed by atoms with Crippen LogP contribution in [0.5, 0.6) is 0 Å². The van der Waals surface area contributed by atoms with Crippen LogP contribution in [0, 0.1) is 5.92 Å². The fraction of sp³-hybridized carbons (Fsp3) is 0.688. The quantitative estimate of drug-likeness (QED) is 0.816. The van der Waals surface area contributed by atoms with Gasteiger partial charge < -0.3 is 10.2 Å². The van der Waals surface area contributed by atoms with Crippen molar-refractivity contribution in [3.05, 3.63) is 30.1 Å². The molecule has 1 aliphatic rings. The molecule has 1 N–H and O–H groups in total. The Balaban J connectivity index is 1.66. The van der Waals surface area contributed by atoms with E-state index in [4.69, 9.17) is 0 Å². The minimum atomic E-state index is 0.754. The highest BCUT2D eigenvalue weighted by molar-refractivity contribution is 5.03. The van der Waals surface area contributed by atoms with Crippen molar-refractivity contribution >= 4 is 0 Å². The van der Waals surface area contributed by atoms with Gasteiger partial charge in [0.15, 0.2) is 0 Å². The number of hydrogen-bond donors (Lipinski definition) is 1. The smallest absolute Gasteiger partial charge is 0.0416 e. The molecule has 0 spiro atoms. The Kier molecular flexibility index (Phi) is 5.80. The van der Waals surface area contributed by atoms with E-state index in [2.05, 4.69) is 41.4 Å². The molecule has 0 aromatic carbocycles. The molecule has 3 heteroatoms. The van der Waals surface area contributed by atoms with Crippen LogP contribution >= 0.6 is 0 Å². The number of likely N-dealkylation sites (N-methyl/N-ethyl adjacent to an activating group) is 1. The van der Waals surface area contributed by atoms with Gasteiger partial charge in [0.2, 0.25) is 0 Å². The lowest BCUT2D eigenvalue weighted by atomic mass is 9.99. The maximum absolute atomic E-state index is 4.38. The molecule has 0 bridgehead atoms. The second-order valence-electron chi connectivity index (χ2n) is 5.75. The standard InChI is InChI=1S/C16H27N3/c1-17-16-8-5-6-14(16)9-12-19(2)13-10-15-7-3-4-11-18-15/h3-4,7,11,14,16-17H,5-6,8-10,12-13H2,1-2H3. The van der Waals surface area contributed by atoms with Gasteiger partial charge in [0.25, 0.3) is 0 Å². The summed E-state index contributed by atoms with van der Waals surface area (Å²) in [7, 11) is 4.33. The fourth-order valence-corrected chi connectivity index (χ4v) is 3.11. The van der Waals surface area contributed by atoms with Crippen LogP contribution in [0.2, 0.25) is 0 Å². The molecule has 1 aliphatic carbocycles. The van der Waals surface area contributed by atoms with Crippen LogP contribution in [-0.4, -0.2) is 43.1 Å². The third-order valence-corrected chi connectivity index (χ3v) is 4.39. The first-order valence-electron chi connectivity index (χ1n) is 7.55. The normalized spacial score (nSPS) is 23.1. The van der Waals surface area contributed by atoms with Crippen molar-refractivity contribution < 1.29 is 0 Å². The highest BCUT2D eigenvalue weighted by Crippen LogP contribution is 2.28. The summed E-state index contributed by atoms with van der Waals surface area (Å²) in [5, 5.41) is 3.47. The number of pyridine rings is 1. The Labute approximate surface area is 117 Å². The van der Waals surface area contributed by atoms with E-state index in [-0.39, 0.29) is 0 Å². The van der Waals surface area contributed by atoms with Crippen LogP contribution in [0.25, 0.3) is 0 Å². The van der Waals surface area contributed by atoms with Crippen LogP contribution in [0.1, 0.15) is 31.4 Å². The Morgan fingerprint density at radius 3 is 2.95 bits per heavy atom. The summed E-state index contributed by atoms with van der Waals surface area (Å²) < 4.78 is 0. The Bertz CT molecular complexity index is 352. The van der Waals surface area contributed by atoms with Gasteiger partial charge in [-0.25, -0.2) is 0 Å². The summed E-state index contributed by atoms with van der Waals surface area (Å²) in [6.07, 6.45) is 8.42. The third-order valence-electron chi connectivity index (χ3n) is 4.39. The molecule has 0 aliphatic heterocycles. The molecule has 1 aromatic heterocycles. The Morgan fingerprint density at radius 1 is 1.32 bits per heavy atom. The molecule has 0 radical (unpaired) electrons. The van der Waals surface area contributed by atoms with E-state index >= 15 is 0 Å². The van der Waals surface area contributed by atoms with Gasteiger partial charge in [0, 0.05) is 30.9 Å². The van der Waals surface area contributed by atoms with Crippen molar-refractivity contribution in [1.82, 2.24) is 15.2 Å². The van der Waals surface area contributed by atoms with Crippen molar-refractivity contribution in [2.45, 2.75) is 38.1 Å². The molecule has 0 amide bonds. The minimum absolute atomic E-state index is 0.754. The molecule has 106 valence electrons. The highest BCUT2D eigenvalue weighted by atomic mass is 15.1. The Morgan fingerprint density at radius 2 is 2.21 bits per heavy atom. The molecule has 1 aromatic rings. The van der Waals surface area contributed by atoms with Gasteiger partial charge in [-0.3, -0.25) is 4.98 Å². The van der Waals surface area contributed by atoms with Crippen molar-refractivity contribution in [2.24, 2.45) is 5.92 Å². The molecule has 2 atom stereocenters. The largest absolute Gasteiger partial charge is 0.317 e. The Hall–Kier alpha value is -0.930. The number of rotatable bonds is 7.